The van der Waals surface area contributed by atoms with Gasteiger partial charge in [0.25, 0.3) is 0 Å². The Hall–Kier alpha value is -1.72. The van der Waals surface area contributed by atoms with Crippen molar-refractivity contribution in [3.8, 4) is 17.2 Å². The van der Waals surface area contributed by atoms with Gasteiger partial charge in [0, 0.05) is 13.1 Å². The number of rotatable bonds is 6. The minimum absolute atomic E-state index is 0.119. The average Bonchev–Trinajstić information content (AvgIpc) is 2.50. The summed E-state index contributed by atoms with van der Waals surface area (Å²) in [5.41, 5.74) is 2.18. The van der Waals surface area contributed by atoms with Crippen LogP contribution in [0.2, 0.25) is 0 Å². The first-order chi connectivity index (χ1) is 10.1. The van der Waals surface area contributed by atoms with E-state index in [4.69, 9.17) is 9.47 Å². The molecule has 2 rings (SSSR count). The van der Waals surface area contributed by atoms with Gasteiger partial charge >= 0.3 is 0 Å². The zero-order valence-electron chi connectivity index (χ0n) is 12.0. The molecule has 2 aromatic rings. The molecule has 0 aliphatic heterocycles. The van der Waals surface area contributed by atoms with Crippen molar-refractivity contribution in [2.24, 2.45) is 0 Å². The molecule has 5 heteroatoms. The van der Waals surface area contributed by atoms with Gasteiger partial charge in [0.1, 0.15) is 5.75 Å². The largest absolute Gasteiger partial charge is 0.503 e. The summed E-state index contributed by atoms with van der Waals surface area (Å²) in [5.74, 6) is 1.43. The summed E-state index contributed by atoms with van der Waals surface area (Å²) >= 11 is 3.32. The van der Waals surface area contributed by atoms with Crippen molar-refractivity contribution >= 4 is 15.9 Å². The topological polar surface area (TPSA) is 50.7 Å². The van der Waals surface area contributed by atoms with E-state index in [0.717, 1.165) is 23.4 Å². The number of halogens is 1. The number of ether oxygens (including phenoxy) is 2. The number of phenolic OH excluding ortho intramolecular Hbond substituents is 1. The molecule has 0 heterocycles. The summed E-state index contributed by atoms with van der Waals surface area (Å²) in [5, 5.41) is 13.1. The van der Waals surface area contributed by atoms with Crippen LogP contribution in [-0.4, -0.2) is 19.3 Å². The van der Waals surface area contributed by atoms with Crippen LogP contribution in [0.1, 0.15) is 11.1 Å². The van der Waals surface area contributed by atoms with Gasteiger partial charge < -0.3 is 19.9 Å². The summed E-state index contributed by atoms with van der Waals surface area (Å²) in [6, 6.07) is 11.6. The second-order valence-corrected chi connectivity index (χ2v) is 5.44. The van der Waals surface area contributed by atoms with Crippen molar-refractivity contribution in [2.45, 2.75) is 13.1 Å². The zero-order chi connectivity index (χ0) is 15.2. The van der Waals surface area contributed by atoms with Crippen LogP contribution in [0.15, 0.2) is 40.9 Å². The normalized spacial score (nSPS) is 10.4. The second kappa shape index (κ2) is 7.33. The van der Waals surface area contributed by atoms with E-state index in [1.165, 1.54) is 7.11 Å². The Morgan fingerprint density at radius 3 is 2.52 bits per heavy atom. The predicted molar refractivity (Wildman–Crippen MR) is 85.9 cm³/mol. The first-order valence-electron chi connectivity index (χ1n) is 6.53. The number of benzene rings is 2. The summed E-state index contributed by atoms with van der Waals surface area (Å²) in [4.78, 5) is 0. The van der Waals surface area contributed by atoms with Crippen LogP contribution in [-0.2, 0) is 13.1 Å². The molecule has 112 valence electrons. The van der Waals surface area contributed by atoms with Crippen molar-refractivity contribution < 1.29 is 14.6 Å². The fraction of sp³-hybridized carbons (Fsp3) is 0.250. The molecule has 0 aliphatic rings. The van der Waals surface area contributed by atoms with Crippen molar-refractivity contribution in [1.29, 1.82) is 0 Å². The standard InChI is InChI=1S/C16H18BrNO3/c1-20-13-5-3-4-11(6-13)9-18-10-12-7-14(17)16(19)15(8-12)21-2/h3-8,18-19H,9-10H2,1-2H3. The molecule has 0 aromatic heterocycles. The molecule has 0 amide bonds. The minimum Gasteiger partial charge on any atom is -0.503 e. The molecule has 0 fully saturated rings. The van der Waals surface area contributed by atoms with Gasteiger partial charge in [-0.1, -0.05) is 12.1 Å². The average molecular weight is 352 g/mol. The minimum atomic E-state index is 0.119. The molecule has 0 saturated carbocycles. The molecule has 2 N–H and O–H groups in total. The number of hydrogen-bond donors (Lipinski definition) is 2. The Labute approximate surface area is 132 Å². The summed E-state index contributed by atoms with van der Waals surface area (Å²) in [7, 11) is 3.20. The molecule has 0 atom stereocenters. The Bertz CT molecular complexity index is 616. The molecule has 0 aliphatic carbocycles. The van der Waals surface area contributed by atoms with Crippen LogP contribution >= 0.6 is 15.9 Å². The summed E-state index contributed by atoms with van der Waals surface area (Å²) in [6.07, 6.45) is 0. The van der Waals surface area contributed by atoms with E-state index in [9.17, 15) is 5.11 Å². The first kappa shape index (κ1) is 15.7. The Morgan fingerprint density at radius 2 is 1.81 bits per heavy atom. The lowest BCUT2D eigenvalue weighted by Gasteiger charge is -2.10. The fourth-order valence-corrected chi connectivity index (χ4v) is 2.51. The molecule has 4 nitrogen and oxygen atoms in total. The van der Waals surface area contributed by atoms with E-state index < -0.39 is 0 Å². The van der Waals surface area contributed by atoms with E-state index >= 15 is 0 Å². The highest BCUT2D eigenvalue weighted by molar-refractivity contribution is 9.10. The molecule has 21 heavy (non-hydrogen) atoms. The van der Waals surface area contributed by atoms with Gasteiger partial charge in [-0.15, -0.1) is 0 Å². The van der Waals surface area contributed by atoms with Gasteiger partial charge in [-0.2, -0.15) is 0 Å². The number of phenols is 1. The third-order valence-electron chi connectivity index (χ3n) is 3.10. The number of aromatic hydroxyl groups is 1. The van der Waals surface area contributed by atoms with E-state index in [-0.39, 0.29) is 5.75 Å². The highest BCUT2D eigenvalue weighted by Gasteiger charge is 2.08. The van der Waals surface area contributed by atoms with E-state index in [1.54, 1.807) is 7.11 Å². The predicted octanol–water partition coefficient (Wildman–Crippen LogP) is 3.46. The zero-order valence-corrected chi connectivity index (χ0v) is 13.6. The monoisotopic (exact) mass is 351 g/mol. The van der Waals surface area contributed by atoms with Gasteiger partial charge in [-0.25, -0.2) is 0 Å². The molecule has 2 aromatic carbocycles. The van der Waals surface area contributed by atoms with Crippen LogP contribution in [0.5, 0.6) is 17.2 Å². The Balaban J connectivity index is 1.98. The van der Waals surface area contributed by atoms with E-state index in [2.05, 4.69) is 21.2 Å². The molecule has 0 bridgehead atoms. The molecule has 0 unspecified atom stereocenters. The molecule has 0 radical (unpaired) electrons. The molecule has 0 saturated heterocycles. The van der Waals surface area contributed by atoms with Crippen LogP contribution in [0.25, 0.3) is 0 Å². The number of nitrogens with one attached hydrogen (secondary N) is 1. The van der Waals surface area contributed by atoms with Crippen molar-refractivity contribution in [3.05, 3.63) is 52.0 Å². The van der Waals surface area contributed by atoms with Gasteiger partial charge in [-0.05, 0) is 51.3 Å². The van der Waals surface area contributed by atoms with Gasteiger partial charge in [0.2, 0.25) is 0 Å². The number of methoxy groups -OCH3 is 2. The van der Waals surface area contributed by atoms with Gasteiger partial charge in [-0.3, -0.25) is 0 Å². The van der Waals surface area contributed by atoms with E-state index in [0.29, 0.717) is 16.8 Å². The maximum Gasteiger partial charge on any atom is 0.172 e. The SMILES string of the molecule is COc1cccc(CNCc2cc(Br)c(O)c(OC)c2)c1. The Kier molecular flexibility index (Phi) is 5.47. The van der Waals surface area contributed by atoms with Gasteiger partial charge in [0.15, 0.2) is 11.5 Å². The van der Waals surface area contributed by atoms with Crippen molar-refractivity contribution in [1.82, 2.24) is 5.32 Å². The molecular formula is C16H18BrNO3. The quantitative estimate of drug-likeness (QED) is 0.836. The molecular weight excluding hydrogens is 334 g/mol. The van der Waals surface area contributed by atoms with E-state index in [1.807, 2.05) is 36.4 Å². The van der Waals surface area contributed by atoms with Crippen LogP contribution in [0.4, 0.5) is 0 Å². The molecule has 0 spiro atoms. The lowest BCUT2D eigenvalue weighted by molar-refractivity contribution is 0.371. The maximum absolute atomic E-state index is 9.78. The van der Waals surface area contributed by atoms with Crippen LogP contribution in [0, 0.1) is 0 Å². The van der Waals surface area contributed by atoms with Gasteiger partial charge in [0.05, 0.1) is 18.7 Å². The summed E-state index contributed by atoms with van der Waals surface area (Å²) < 4.78 is 11.0. The second-order valence-electron chi connectivity index (χ2n) is 4.58. The smallest absolute Gasteiger partial charge is 0.172 e. The first-order valence-corrected chi connectivity index (χ1v) is 7.32. The van der Waals surface area contributed by atoms with Crippen LogP contribution < -0.4 is 14.8 Å². The third kappa shape index (κ3) is 4.12. The lowest BCUT2D eigenvalue weighted by atomic mass is 10.2. The highest BCUT2D eigenvalue weighted by Crippen LogP contribution is 2.35. The number of hydrogen-bond acceptors (Lipinski definition) is 4. The van der Waals surface area contributed by atoms with Crippen molar-refractivity contribution in [3.63, 3.8) is 0 Å². The maximum atomic E-state index is 9.78. The van der Waals surface area contributed by atoms with Crippen molar-refractivity contribution in [2.75, 3.05) is 14.2 Å². The lowest BCUT2D eigenvalue weighted by Crippen LogP contribution is -2.12. The fourth-order valence-electron chi connectivity index (χ4n) is 2.02. The third-order valence-corrected chi connectivity index (χ3v) is 3.71. The Morgan fingerprint density at radius 1 is 1.05 bits per heavy atom. The highest BCUT2D eigenvalue weighted by atomic mass is 79.9. The summed E-state index contributed by atoms with van der Waals surface area (Å²) in [6.45, 7) is 1.41. The van der Waals surface area contributed by atoms with Crippen LogP contribution in [0.3, 0.4) is 0 Å².